The first-order valence-corrected chi connectivity index (χ1v) is 14.3. The summed E-state index contributed by atoms with van der Waals surface area (Å²) in [5.41, 5.74) is 14.8. The molecular weight excluding hydrogens is 510 g/mol. The van der Waals surface area contributed by atoms with Crippen LogP contribution in [0.15, 0.2) is 132 Å². The molecule has 0 amide bonds. The molecule has 1 aromatic heterocycles. The topological polar surface area (TPSA) is 28.5 Å². The van der Waals surface area contributed by atoms with Crippen molar-refractivity contribution in [1.82, 2.24) is 4.98 Å². The summed E-state index contributed by atoms with van der Waals surface area (Å²) in [5, 5.41) is 1.15. The Labute approximate surface area is 247 Å². The van der Waals surface area contributed by atoms with E-state index in [9.17, 15) is 0 Å². The van der Waals surface area contributed by atoms with Gasteiger partial charge in [0.1, 0.15) is 0 Å². The monoisotopic (exact) mass is 541 g/mol. The van der Waals surface area contributed by atoms with Gasteiger partial charge in [-0.15, -0.1) is 0 Å². The van der Waals surface area contributed by atoms with E-state index >= 15 is 0 Å². The third kappa shape index (κ3) is 4.40. The normalized spacial score (nSPS) is 12.6. The zero-order valence-corrected chi connectivity index (χ0v) is 23.9. The van der Waals surface area contributed by atoms with Gasteiger partial charge in [0.05, 0.1) is 34.8 Å². The Morgan fingerprint density at radius 3 is 2.33 bits per heavy atom. The van der Waals surface area contributed by atoms with E-state index in [0.29, 0.717) is 6.54 Å². The first-order valence-electron chi connectivity index (χ1n) is 14.3. The molecule has 7 rings (SSSR count). The molecule has 0 fully saturated rings. The van der Waals surface area contributed by atoms with Gasteiger partial charge in [0.2, 0.25) is 0 Å². The Kier molecular flexibility index (Phi) is 6.48. The van der Waals surface area contributed by atoms with Gasteiger partial charge in [-0.3, -0.25) is 4.99 Å². The molecule has 42 heavy (non-hydrogen) atoms. The lowest BCUT2D eigenvalue weighted by Crippen LogP contribution is -2.22. The van der Waals surface area contributed by atoms with E-state index in [-0.39, 0.29) is 0 Å². The maximum atomic E-state index is 5.18. The predicted molar refractivity (Wildman–Crippen MR) is 178 cm³/mol. The maximum Gasteiger partial charge on any atom is 0.0859 e. The lowest BCUT2D eigenvalue weighted by Gasteiger charge is -2.33. The molecule has 0 radical (unpaired) electrons. The second-order valence-corrected chi connectivity index (χ2v) is 10.7. The second kappa shape index (κ2) is 10.6. The average Bonchev–Trinajstić information content (AvgIpc) is 3.05. The van der Waals surface area contributed by atoms with Crippen LogP contribution in [0.2, 0.25) is 0 Å². The summed E-state index contributed by atoms with van der Waals surface area (Å²) in [6, 6.07) is 43.0. The molecule has 2 heterocycles. The molecule has 3 heteroatoms. The number of benzene rings is 5. The number of allylic oxidation sites excluding steroid dienone is 1. The van der Waals surface area contributed by atoms with Gasteiger partial charge < -0.3 is 4.90 Å². The van der Waals surface area contributed by atoms with E-state index < -0.39 is 0 Å². The second-order valence-electron chi connectivity index (χ2n) is 10.7. The highest BCUT2D eigenvalue weighted by atomic mass is 15.2. The van der Waals surface area contributed by atoms with Gasteiger partial charge >= 0.3 is 0 Å². The summed E-state index contributed by atoms with van der Waals surface area (Å²) < 4.78 is 0. The summed E-state index contributed by atoms with van der Waals surface area (Å²) in [7, 11) is 0. The van der Waals surface area contributed by atoms with Crippen molar-refractivity contribution in [2.24, 2.45) is 4.99 Å². The fraction of sp³-hybridized carbons (Fsp3) is 0.0769. The van der Waals surface area contributed by atoms with Crippen LogP contribution in [0.3, 0.4) is 0 Å². The lowest BCUT2D eigenvalue weighted by molar-refractivity contribution is 0.953. The standard InChI is InChI=1S/C39H31N3/c1-4-32(33-13-7-5-11-26(33)2)28-19-17-27(18-20-28)29-21-22-37-34(24-29)39-31(23-30-12-6-8-14-35(30)41-39)25-42(37)38-16-10-9-15-36(38)40-3/h4-24H,3,25H2,1-2H3/b32-4-. The van der Waals surface area contributed by atoms with Gasteiger partial charge in [-0.05, 0) is 95.9 Å². The number of hydrogen-bond acceptors (Lipinski definition) is 3. The van der Waals surface area contributed by atoms with E-state index in [1.807, 2.05) is 12.1 Å². The Bertz CT molecular complexity index is 2000. The van der Waals surface area contributed by atoms with Gasteiger partial charge in [-0.25, -0.2) is 4.98 Å². The van der Waals surface area contributed by atoms with Gasteiger partial charge in [-0.1, -0.05) is 91.0 Å². The number of anilines is 2. The van der Waals surface area contributed by atoms with Gasteiger partial charge in [0, 0.05) is 10.9 Å². The molecule has 6 aromatic rings. The molecule has 1 aliphatic rings. The number of hydrogen-bond donors (Lipinski definition) is 0. The average molecular weight is 542 g/mol. The molecule has 5 aromatic carbocycles. The van der Waals surface area contributed by atoms with Crippen LogP contribution in [0, 0.1) is 6.92 Å². The van der Waals surface area contributed by atoms with E-state index in [1.54, 1.807) is 0 Å². The number of pyridine rings is 1. The fourth-order valence-electron chi connectivity index (χ4n) is 6.15. The predicted octanol–water partition coefficient (Wildman–Crippen LogP) is 10.3. The Balaban J connectivity index is 1.35. The third-order valence-corrected chi connectivity index (χ3v) is 8.27. The molecule has 202 valence electrons. The van der Waals surface area contributed by atoms with Crippen molar-refractivity contribution in [3.8, 4) is 22.4 Å². The van der Waals surface area contributed by atoms with E-state index in [1.165, 1.54) is 33.4 Å². The molecular formula is C39H31N3. The van der Waals surface area contributed by atoms with E-state index in [4.69, 9.17) is 4.98 Å². The van der Waals surface area contributed by atoms with Crippen LogP contribution in [0.25, 0.3) is 38.9 Å². The molecule has 1 aliphatic heterocycles. The molecule has 3 nitrogen and oxygen atoms in total. The summed E-state index contributed by atoms with van der Waals surface area (Å²) in [6.07, 6.45) is 2.20. The minimum Gasteiger partial charge on any atom is -0.335 e. The molecule has 0 aliphatic carbocycles. The van der Waals surface area contributed by atoms with Crippen molar-refractivity contribution in [1.29, 1.82) is 0 Å². The van der Waals surface area contributed by atoms with E-state index in [0.717, 1.165) is 44.8 Å². The summed E-state index contributed by atoms with van der Waals surface area (Å²) >= 11 is 0. The van der Waals surface area contributed by atoms with Crippen LogP contribution in [0.1, 0.15) is 29.2 Å². The van der Waals surface area contributed by atoms with Crippen LogP contribution in [0.4, 0.5) is 17.1 Å². The van der Waals surface area contributed by atoms with Gasteiger partial charge in [-0.2, -0.15) is 0 Å². The third-order valence-electron chi connectivity index (χ3n) is 8.27. The lowest BCUT2D eigenvalue weighted by atomic mass is 9.91. The Morgan fingerprint density at radius 2 is 1.52 bits per heavy atom. The van der Waals surface area contributed by atoms with Crippen LogP contribution in [-0.4, -0.2) is 11.7 Å². The van der Waals surface area contributed by atoms with Crippen molar-refractivity contribution >= 4 is 40.3 Å². The van der Waals surface area contributed by atoms with Crippen LogP contribution in [0.5, 0.6) is 0 Å². The molecule has 0 saturated carbocycles. The number of rotatable bonds is 5. The minimum absolute atomic E-state index is 0.714. The largest absolute Gasteiger partial charge is 0.335 e. The maximum absolute atomic E-state index is 5.18. The van der Waals surface area contributed by atoms with Gasteiger partial charge in [0.25, 0.3) is 0 Å². The molecule has 0 spiro atoms. The Morgan fingerprint density at radius 1 is 0.786 bits per heavy atom. The zero-order valence-electron chi connectivity index (χ0n) is 23.9. The molecule has 0 N–H and O–H groups in total. The SMILES string of the molecule is C=Nc1ccccc1N1Cc2cc3ccccc3nc2-c2cc(-c3ccc(/C(=C/C)c4ccccc4C)cc3)ccc21. The molecule has 0 unspecified atom stereocenters. The van der Waals surface area contributed by atoms with Gasteiger partial charge in [0.15, 0.2) is 0 Å². The smallest absolute Gasteiger partial charge is 0.0859 e. The number of aromatic nitrogens is 1. The minimum atomic E-state index is 0.714. The highest BCUT2D eigenvalue weighted by Gasteiger charge is 2.26. The first kappa shape index (κ1) is 25.7. The molecule has 0 atom stereocenters. The number of nitrogens with zero attached hydrogens (tertiary/aromatic N) is 3. The van der Waals surface area contributed by atoms with Crippen LogP contribution < -0.4 is 4.90 Å². The summed E-state index contributed by atoms with van der Waals surface area (Å²) in [6.45, 7) is 8.83. The molecule has 0 bridgehead atoms. The Hall–Kier alpha value is -5.28. The van der Waals surface area contributed by atoms with Crippen molar-refractivity contribution in [3.05, 3.63) is 150 Å². The van der Waals surface area contributed by atoms with E-state index in [2.05, 4.69) is 146 Å². The number of aryl methyl sites for hydroxylation is 1. The fourth-order valence-corrected chi connectivity index (χ4v) is 6.15. The van der Waals surface area contributed by atoms with Crippen molar-refractivity contribution in [3.63, 3.8) is 0 Å². The quantitative estimate of drug-likeness (QED) is 0.203. The summed E-state index contributed by atoms with van der Waals surface area (Å²) in [5.74, 6) is 0. The number of para-hydroxylation sites is 3. The molecule has 0 saturated heterocycles. The van der Waals surface area contributed by atoms with Crippen LogP contribution >= 0.6 is 0 Å². The first-order chi connectivity index (χ1) is 20.6. The highest BCUT2D eigenvalue weighted by Crippen LogP contribution is 2.46. The van der Waals surface area contributed by atoms with Crippen molar-refractivity contribution in [2.45, 2.75) is 20.4 Å². The number of aliphatic imine (C=N–C) groups is 1. The van der Waals surface area contributed by atoms with Crippen LogP contribution in [-0.2, 0) is 6.54 Å². The highest BCUT2D eigenvalue weighted by molar-refractivity contribution is 5.94. The van der Waals surface area contributed by atoms with Crippen molar-refractivity contribution in [2.75, 3.05) is 4.90 Å². The zero-order chi connectivity index (χ0) is 28.6. The van der Waals surface area contributed by atoms with Crippen molar-refractivity contribution < 1.29 is 0 Å². The summed E-state index contributed by atoms with van der Waals surface area (Å²) in [4.78, 5) is 11.9. The number of fused-ring (bicyclic) bond motifs is 4.